The Bertz CT molecular complexity index is 161. The predicted octanol–water partition coefficient (Wildman–Crippen LogP) is 1.94. The molecule has 0 aliphatic carbocycles. The Morgan fingerprint density at radius 2 is 2.09 bits per heavy atom. The summed E-state index contributed by atoms with van der Waals surface area (Å²) in [5.74, 6) is 2.67. The number of terminal acetylenes is 1. The van der Waals surface area contributed by atoms with Gasteiger partial charge in [-0.05, 0) is 0 Å². The summed E-state index contributed by atoms with van der Waals surface area (Å²) in [5, 5.41) is 0. The quantitative estimate of drug-likeness (QED) is 0.351. The van der Waals surface area contributed by atoms with Gasteiger partial charge in [0.05, 0.1) is 6.54 Å². The molecule has 0 bridgehead atoms. The molecule has 0 aromatic carbocycles. The van der Waals surface area contributed by atoms with Gasteiger partial charge in [0.1, 0.15) is 8.24 Å². The maximum atomic E-state index is 5.25. The monoisotopic (exact) mass is 167 g/mol. The van der Waals surface area contributed by atoms with Crippen LogP contribution in [0.5, 0.6) is 0 Å². The zero-order chi connectivity index (χ0) is 8.91. The van der Waals surface area contributed by atoms with Gasteiger partial charge in [0, 0.05) is 6.54 Å². The molecule has 0 aromatic heterocycles. The lowest BCUT2D eigenvalue weighted by Gasteiger charge is -2.31. The summed E-state index contributed by atoms with van der Waals surface area (Å²) in [6.45, 7) is 12.2. The number of rotatable bonds is 4. The molecule has 0 amide bonds. The van der Waals surface area contributed by atoms with E-state index < -0.39 is 8.24 Å². The van der Waals surface area contributed by atoms with Crippen molar-refractivity contribution < 1.29 is 0 Å². The van der Waals surface area contributed by atoms with E-state index in [-0.39, 0.29) is 0 Å². The van der Waals surface area contributed by atoms with E-state index >= 15 is 0 Å². The van der Waals surface area contributed by atoms with Crippen LogP contribution in [0, 0.1) is 12.3 Å². The normalized spacial score (nSPS) is 11.2. The molecule has 0 aliphatic heterocycles. The fourth-order valence-corrected chi connectivity index (χ4v) is 2.08. The number of hydrogen-bond acceptors (Lipinski definition) is 1. The van der Waals surface area contributed by atoms with Crippen LogP contribution in [0.2, 0.25) is 19.6 Å². The van der Waals surface area contributed by atoms with E-state index in [2.05, 4.69) is 36.7 Å². The van der Waals surface area contributed by atoms with E-state index in [9.17, 15) is 0 Å². The van der Waals surface area contributed by atoms with Gasteiger partial charge in [-0.25, -0.2) is 0 Å². The predicted molar refractivity (Wildman–Crippen MR) is 53.9 cm³/mol. The van der Waals surface area contributed by atoms with Crippen molar-refractivity contribution in [3.8, 4) is 12.3 Å². The molecule has 0 rings (SSSR count). The molecule has 0 radical (unpaired) electrons. The van der Waals surface area contributed by atoms with Crippen molar-refractivity contribution in [2.45, 2.75) is 19.6 Å². The Balaban J connectivity index is 4.11. The van der Waals surface area contributed by atoms with Crippen molar-refractivity contribution in [3.05, 3.63) is 12.7 Å². The highest BCUT2D eigenvalue weighted by Gasteiger charge is 2.21. The van der Waals surface area contributed by atoms with E-state index in [4.69, 9.17) is 6.42 Å². The zero-order valence-corrected chi connectivity index (χ0v) is 8.72. The Kier molecular flexibility index (Phi) is 4.17. The van der Waals surface area contributed by atoms with Crippen LogP contribution in [-0.2, 0) is 0 Å². The minimum absolute atomic E-state index is 0.752. The highest BCUT2D eigenvalue weighted by Crippen LogP contribution is 2.07. The Morgan fingerprint density at radius 1 is 1.55 bits per heavy atom. The van der Waals surface area contributed by atoms with Gasteiger partial charge in [-0.15, -0.1) is 13.0 Å². The Morgan fingerprint density at radius 3 is 2.36 bits per heavy atom. The average molecular weight is 167 g/mol. The van der Waals surface area contributed by atoms with Crippen molar-refractivity contribution in [1.29, 1.82) is 0 Å². The second kappa shape index (κ2) is 4.37. The fraction of sp³-hybridized carbons (Fsp3) is 0.556. The second-order valence-electron chi connectivity index (χ2n) is 3.54. The minimum Gasteiger partial charge on any atom is -0.310 e. The third kappa shape index (κ3) is 4.02. The van der Waals surface area contributed by atoms with Gasteiger partial charge in [-0.1, -0.05) is 31.6 Å². The first kappa shape index (κ1) is 10.5. The molecular weight excluding hydrogens is 150 g/mol. The van der Waals surface area contributed by atoms with E-state index in [1.54, 1.807) is 0 Å². The first-order valence-corrected chi connectivity index (χ1v) is 7.26. The van der Waals surface area contributed by atoms with Crippen molar-refractivity contribution in [3.63, 3.8) is 0 Å². The molecule has 0 aromatic rings. The third-order valence-electron chi connectivity index (χ3n) is 1.58. The number of nitrogens with zero attached hydrogens (tertiary/aromatic N) is 1. The smallest absolute Gasteiger partial charge is 0.120 e. The van der Waals surface area contributed by atoms with Crippen LogP contribution < -0.4 is 0 Å². The maximum Gasteiger partial charge on any atom is 0.120 e. The van der Waals surface area contributed by atoms with Gasteiger partial charge in [0.2, 0.25) is 0 Å². The van der Waals surface area contributed by atoms with E-state index in [0.29, 0.717) is 0 Å². The highest BCUT2D eigenvalue weighted by atomic mass is 28.3. The minimum atomic E-state index is -1.21. The third-order valence-corrected chi connectivity index (χ3v) is 3.82. The Labute approximate surface area is 71.2 Å². The number of hydrogen-bond donors (Lipinski definition) is 0. The largest absolute Gasteiger partial charge is 0.310 e. The molecule has 0 saturated heterocycles. The molecule has 0 atom stereocenters. The average Bonchev–Trinajstić information content (AvgIpc) is 1.85. The van der Waals surface area contributed by atoms with Gasteiger partial charge < -0.3 is 4.57 Å². The molecule has 0 heterocycles. The highest BCUT2D eigenvalue weighted by molar-refractivity contribution is 6.73. The van der Waals surface area contributed by atoms with E-state index in [0.717, 1.165) is 13.1 Å². The second-order valence-corrected chi connectivity index (χ2v) is 8.52. The van der Waals surface area contributed by atoms with E-state index in [1.165, 1.54) is 0 Å². The molecule has 1 nitrogen and oxygen atoms in total. The summed E-state index contributed by atoms with van der Waals surface area (Å²) in [7, 11) is -1.21. The van der Waals surface area contributed by atoms with Crippen molar-refractivity contribution in [1.82, 2.24) is 4.57 Å². The molecule has 0 aliphatic rings. The molecular formula is C9H17NSi. The van der Waals surface area contributed by atoms with Crippen molar-refractivity contribution in [2.24, 2.45) is 0 Å². The van der Waals surface area contributed by atoms with Crippen LogP contribution in [0.25, 0.3) is 0 Å². The SMILES string of the molecule is C#CCN(CC=C)[Si](C)(C)C. The molecule has 0 saturated carbocycles. The maximum absolute atomic E-state index is 5.25. The van der Waals surface area contributed by atoms with Crippen LogP contribution in [0.4, 0.5) is 0 Å². The molecule has 11 heavy (non-hydrogen) atoms. The molecule has 2 heteroatoms. The van der Waals surface area contributed by atoms with Crippen LogP contribution in [0.1, 0.15) is 0 Å². The van der Waals surface area contributed by atoms with Gasteiger partial charge in [0.15, 0.2) is 0 Å². The topological polar surface area (TPSA) is 3.24 Å². The lowest BCUT2D eigenvalue weighted by molar-refractivity contribution is 0.526. The van der Waals surface area contributed by atoms with Crippen LogP contribution in [0.15, 0.2) is 12.7 Å². The van der Waals surface area contributed by atoms with Crippen molar-refractivity contribution in [2.75, 3.05) is 13.1 Å². The molecule has 62 valence electrons. The lowest BCUT2D eigenvalue weighted by atomic mass is 10.6. The molecule has 0 N–H and O–H groups in total. The Hall–Kier alpha value is -0.523. The summed E-state index contributed by atoms with van der Waals surface area (Å²) in [4.78, 5) is 0. The van der Waals surface area contributed by atoms with E-state index in [1.807, 2.05) is 6.08 Å². The summed E-state index contributed by atoms with van der Waals surface area (Å²) in [6, 6.07) is 0. The lowest BCUT2D eigenvalue weighted by Crippen LogP contribution is -2.46. The molecule has 0 unspecified atom stereocenters. The van der Waals surface area contributed by atoms with Crippen LogP contribution in [-0.4, -0.2) is 25.9 Å². The van der Waals surface area contributed by atoms with Gasteiger partial charge in [-0.2, -0.15) is 0 Å². The summed E-state index contributed by atoms with van der Waals surface area (Å²) in [6.07, 6.45) is 7.16. The fourth-order valence-electron chi connectivity index (χ4n) is 0.842. The van der Waals surface area contributed by atoms with Crippen LogP contribution in [0.3, 0.4) is 0 Å². The summed E-state index contributed by atoms with van der Waals surface area (Å²) < 4.78 is 2.33. The first-order chi connectivity index (χ1) is 5.02. The van der Waals surface area contributed by atoms with Gasteiger partial charge >= 0.3 is 0 Å². The molecule has 0 spiro atoms. The van der Waals surface area contributed by atoms with Crippen LogP contribution >= 0.6 is 0 Å². The van der Waals surface area contributed by atoms with Crippen molar-refractivity contribution >= 4 is 8.24 Å². The first-order valence-electron chi connectivity index (χ1n) is 3.81. The zero-order valence-electron chi connectivity index (χ0n) is 7.72. The van der Waals surface area contributed by atoms with Gasteiger partial charge in [0.25, 0.3) is 0 Å². The summed E-state index contributed by atoms with van der Waals surface area (Å²) in [5.41, 5.74) is 0. The van der Waals surface area contributed by atoms with Gasteiger partial charge in [-0.3, -0.25) is 0 Å². The standard InChI is InChI=1S/C9H17NSi/c1-6-8-10(9-7-2)11(3,4)5/h1,7H,2,8-9H2,3-5H3. The molecule has 0 fully saturated rings. The summed E-state index contributed by atoms with van der Waals surface area (Å²) >= 11 is 0.